The Kier molecular flexibility index (Phi) is 3.03. The molecule has 1 aliphatic carbocycles. The van der Waals surface area contributed by atoms with Crippen molar-refractivity contribution in [3.8, 4) is 10.7 Å². The topological polar surface area (TPSA) is 42.9 Å². The van der Waals surface area contributed by atoms with Crippen LogP contribution < -0.4 is 0 Å². The van der Waals surface area contributed by atoms with E-state index in [4.69, 9.17) is 0 Å². The fraction of sp³-hybridized carbons (Fsp3) is 0.308. The number of Topliss-reactive ketones (excluding diaryl/α,β-unsaturated/α-hetero) is 1. The van der Waals surface area contributed by atoms with Gasteiger partial charge in [-0.3, -0.25) is 4.79 Å². The molecule has 1 aliphatic rings. The number of fused-ring (bicyclic) bond motifs is 1. The average Bonchev–Trinajstić information content (AvgIpc) is 2.70. The molecule has 18 heavy (non-hydrogen) atoms. The number of thiophene rings is 1. The Morgan fingerprint density at radius 1 is 1.39 bits per heavy atom. The Morgan fingerprint density at radius 2 is 2.22 bits per heavy atom. The number of halogens is 1. The molecule has 0 saturated carbocycles. The van der Waals surface area contributed by atoms with Crippen LogP contribution in [0.1, 0.15) is 33.8 Å². The summed E-state index contributed by atoms with van der Waals surface area (Å²) in [4.78, 5) is 22.8. The van der Waals surface area contributed by atoms with Crippen LogP contribution in [-0.4, -0.2) is 15.8 Å². The second-order valence-corrected chi connectivity index (χ2v) is 6.46. The highest BCUT2D eigenvalue weighted by Crippen LogP contribution is 2.33. The molecule has 0 amide bonds. The summed E-state index contributed by atoms with van der Waals surface area (Å²) in [5.74, 6) is 0.897. The number of ketones is 1. The van der Waals surface area contributed by atoms with E-state index in [1.54, 1.807) is 17.5 Å². The normalized spacial score (nSPS) is 14.7. The molecule has 3 rings (SSSR count). The number of rotatable bonds is 1. The first-order chi connectivity index (χ1) is 8.65. The summed E-state index contributed by atoms with van der Waals surface area (Å²) in [5, 5.41) is 0. The van der Waals surface area contributed by atoms with Gasteiger partial charge in [0.05, 0.1) is 16.1 Å². The van der Waals surface area contributed by atoms with Gasteiger partial charge in [0.1, 0.15) is 0 Å². The maximum Gasteiger partial charge on any atom is 0.169 e. The summed E-state index contributed by atoms with van der Waals surface area (Å²) in [6.45, 7) is 2.06. The molecule has 5 heteroatoms. The molecule has 2 aromatic rings. The molecule has 0 bridgehead atoms. The number of carbonyl (C=O) groups is 1. The number of nitrogens with zero attached hydrogens (tertiary/aromatic N) is 2. The highest BCUT2D eigenvalue weighted by molar-refractivity contribution is 9.10. The Labute approximate surface area is 117 Å². The molecule has 0 aromatic carbocycles. The molecule has 0 spiro atoms. The SMILES string of the molecule is Cc1sc(-c2ncc3c(n2)CCCC3=O)cc1Br. The van der Waals surface area contributed by atoms with Crippen LogP contribution in [0.15, 0.2) is 16.7 Å². The summed E-state index contributed by atoms with van der Waals surface area (Å²) >= 11 is 5.16. The summed E-state index contributed by atoms with van der Waals surface area (Å²) in [6.07, 6.45) is 4.08. The number of aromatic nitrogens is 2. The molecule has 0 fully saturated rings. The van der Waals surface area contributed by atoms with Crippen molar-refractivity contribution in [2.75, 3.05) is 0 Å². The predicted octanol–water partition coefficient (Wildman–Crippen LogP) is 3.80. The zero-order chi connectivity index (χ0) is 12.7. The summed E-state index contributed by atoms with van der Waals surface area (Å²) < 4.78 is 1.08. The van der Waals surface area contributed by atoms with Crippen molar-refractivity contribution in [1.82, 2.24) is 9.97 Å². The molecule has 3 nitrogen and oxygen atoms in total. The van der Waals surface area contributed by atoms with E-state index in [0.717, 1.165) is 33.7 Å². The van der Waals surface area contributed by atoms with Crippen LogP contribution in [0.2, 0.25) is 0 Å². The molecule has 0 atom stereocenters. The van der Waals surface area contributed by atoms with Crippen LogP contribution in [0, 0.1) is 6.92 Å². The minimum atomic E-state index is 0.173. The minimum Gasteiger partial charge on any atom is -0.294 e. The second-order valence-electron chi connectivity index (χ2n) is 4.35. The third kappa shape index (κ3) is 2.01. The van der Waals surface area contributed by atoms with Crippen molar-refractivity contribution < 1.29 is 4.79 Å². The van der Waals surface area contributed by atoms with Gasteiger partial charge in [-0.25, -0.2) is 9.97 Å². The summed E-state index contributed by atoms with van der Waals surface area (Å²) in [6, 6.07) is 2.03. The van der Waals surface area contributed by atoms with Gasteiger partial charge in [-0.15, -0.1) is 11.3 Å². The first kappa shape index (κ1) is 12.0. The monoisotopic (exact) mass is 322 g/mol. The molecule has 0 radical (unpaired) electrons. The summed E-state index contributed by atoms with van der Waals surface area (Å²) in [7, 11) is 0. The van der Waals surface area contributed by atoms with E-state index in [0.29, 0.717) is 12.0 Å². The standard InChI is InChI=1S/C13H11BrN2OS/c1-7-9(14)5-12(18-7)13-15-6-8-10(16-13)3-2-4-11(8)17/h5-6H,2-4H2,1H3. The van der Waals surface area contributed by atoms with Gasteiger partial charge in [0.2, 0.25) is 0 Å². The number of hydrogen-bond donors (Lipinski definition) is 0. The third-order valence-electron chi connectivity index (χ3n) is 3.06. The average molecular weight is 323 g/mol. The van der Waals surface area contributed by atoms with E-state index in [2.05, 4.69) is 32.8 Å². The molecule has 0 N–H and O–H groups in total. The molecular formula is C13H11BrN2OS. The van der Waals surface area contributed by atoms with E-state index < -0.39 is 0 Å². The van der Waals surface area contributed by atoms with E-state index in [-0.39, 0.29) is 5.78 Å². The lowest BCUT2D eigenvalue weighted by atomic mass is 9.96. The van der Waals surface area contributed by atoms with Gasteiger partial charge in [0.15, 0.2) is 11.6 Å². The predicted molar refractivity (Wildman–Crippen MR) is 75.1 cm³/mol. The number of hydrogen-bond acceptors (Lipinski definition) is 4. The summed E-state index contributed by atoms with van der Waals surface area (Å²) in [5.41, 5.74) is 1.61. The first-order valence-electron chi connectivity index (χ1n) is 5.80. The van der Waals surface area contributed by atoms with E-state index in [1.165, 1.54) is 4.88 Å². The van der Waals surface area contributed by atoms with Crippen LogP contribution in [0.4, 0.5) is 0 Å². The van der Waals surface area contributed by atoms with E-state index in [9.17, 15) is 4.79 Å². The van der Waals surface area contributed by atoms with Crippen LogP contribution >= 0.6 is 27.3 Å². The maximum atomic E-state index is 11.7. The number of carbonyl (C=O) groups excluding carboxylic acids is 1. The second kappa shape index (κ2) is 4.55. The zero-order valence-electron chi connectivity index (χ0n) is 9.86. The zero-order valence-corrected chi connectivity index (χ0v) is 12.3. The van der Waals surface area contributed by atoms with Crippen molar-refractivity contribution in [2.45, 2.75) is 26.2 Å². The van der Waals surface area contributed by atoms with Gasteiger partial charge in [0.25, 0.3) is 0 Å². The van der Waals surface area contributed by atoms with Crippen molar-refractivity contribution in [3.63, 3.8) is 0 Å². The lowest BCUT2D eigenvalue weighted by Crippen LogP contribution is -2.13. The fourth-order valence-electron chi connectivity index (χ4n) is 2.08. The van der Waals surface area contributed by atoms with Crippen LogP contribution in [-0.2, 0) is 6.42 Å². The molecule has 92 valence electrons. The third-order valence-corrected chi connectivity index (χ3v) is 5.20. The van der Waals surface area contributed by atoms with Crippen molar-refractivity contribution in [3.05, 3.63) is 32.9 Å². The smallest absolute Gasteiger partial charge is 0.169 e. The molecule has 0 aliphatic heterocycles. The van der Waals surface area contributed by atoms with Gasteiger partial charge < -0.3 is 0 Å². The van der Waals surface area contributed by atoms with Crippen LogP contribution in [0.5, 0.6) is 0 Å². The Balaban J connectivity index is 2.07. The molecule has 0 saturated heterocycles. The lowest BCUT2D eigenvalue weighted by molar-refractivity contribution is 0.0971. The lowest BCUT2D eigenvalue weighted by Gasteiger charge is -2.13. The number of aryl methyl sites for hydroxylation is 2. The van der Waals surface area contributed by atoms with Crippen molar-refractivity contribution >= 4 is 33.0 Å². The van der Waals surface area contributed by atoms with Gasteiger partial charge in [-0.2, -0.15) is 0 Å². The van der Waals surface area contributed by atoms with E-state index >= 15 is 0 Å². The van der Waals surface area contributed by atoms with E-state index in [1.807, 2.05) is 6.07 Å². The molecule has 2 heterocycles. The minimum absolute atomic E-state index is 0.173. The Bertz CT molecular complexity index is 616. The van der Waals surface area contributed by atoms with Gasteiger partial charge >= 0.3 is 0 Å². The highest BCUT2D eigenvalue weighted by atomic mass is 79.9. The van der Waals surface area contributed by atoms with Crippen LogP contribution in [0.25, 0.3) is 10.7 Å². The van der Waals surface area contributed by atoms with Crippen molar-refractivity contribution in [1.29, 1.82) is 0 Å². The highest BCUT2D eigenvalue weighted by Gasteiger charge is 2.20. The van der Waals surface area contributed by atoms with Crippen LogP contribution in [0.3, 0.4) is 0 Å². The van der Waals surface area contributed by atoms with Crippen molar-refractivity contribution in [2.24, 2.45) is 0 Å². The Hall–Kier alpha value is -1.07. The molecule has 2 aromatic heterocycles. The van der Waals surface area contributed by atoms with Gasteiger partial charge in [-0.05, 0) is 41.8 Å². The largest absolute Gasteiger partial charge is 0.294 e. The maximum absolute atomic E-state index is 11.7. The van der Waals surface area contributed by atoms with Gasteiger partial charge in [-0.1, -0.05) is 0 Å². The Morgan fingerprint density at radius 3 is 2.94 bits per heavy atom. The first-order valence-corrected chi connectivity index (χ1v) is 7.41. The fourth-order valence-corrected chi connectivity index (χ4v) is 3.56. The van der Waals surface area contributed by atoms with Gasteiger partial charge in [0, 0.05) is 22.0 Å². The molecular weight excluding hydrogens is 312 g/mol. The quantitative estimate of drug-likeness (QED) is 0.802. The molecule has 0 unspecified atom stereocenters.